The van der Waals surface area contributed by atoms with Crippen molar-refractivity contribution in [3.8, 4) is 0 Å². The first-order chi connectivity index (χ1) is 8.31. The normalized spacial score (nSPS) is 13.2. The van der Waals surface area contributed by atoms with E-state index in [1.165, 1.54) is 25.7 Å². The standard InChI is InChI=1S/C15H27NO/c1-4-11-16-15(13(5-2)6-3)10-9-14-8-7-12-17-14/h7-8,12-13,15-16H,4-6,9-11H2,1-3H3. The number of hydrogen-bond donors (Lipinski definition) is 1. The highest BCUT2D eigenvalue weighted by Crippen LogP contribution is 2.18. The van der Waals surface area contributed by atoms with Gasteiger partial charge in [0.1, 0.15) is 5.76 Å². The monoisotopic (exact) mass is 237 g/mol. The summed E-state index contributed by atoms with van der Waals surface area (Å²) in [4.78, 5) is 0. The van der Waals surface area contributed by atoms with Crippen molar-refractivity contribution in [1.29, 1.82) is 0 Å². The van der Waals surface area contributed by atoms with Crippen LogP contribution in [-0.4, -0.2) is 12.6 Å². The van der Waals surface area contributed by atoms with Crippen molar-refractivity contribution in [3.05, 3.63) is 24.2 Å². The predicted octanol–water partition coefficient (Wildman–Crippen LogP) is 4.02. The molecule has 0 aliphatic carbocycles. The van der Waals surface area contributed by atoms with Crippen molar-refractivity contribution < 1.29 is 4.42 Å². The van der Waals surface area contributed by atoms with E-state index in [2.05, 4.69) is 32.2 Å². The fourth-order valence-corrected chi connectivity index (χ4v) is 2.44. The van der Waals surface area contributed by atoms with Gasteiger partial charge in [0.05, 0.1) is 6.26 Å². The minimum atomic E-state index is 0.634. The molecule has 1 N–H and O–H groups in total. The fraction of sp³-hybridized carbons (Fsp3) is 0.733. The smallest absolute Gasteiger partial charge is 0.103 e. The lowest BCUT2D eigenvalue weighted by atomic mass is 9.90. The molecule has 0 spiro atoms. The lowest BCUT2D eigenvalue weighted by Crippen LogP contribution is -2.36. The predicted molar refractivity (Wildman–Crippen MR) is 73.2 cm³/mol. The van der Waals surface area contributed by atoms with Crippen LogP contribution in [0, 0.1) is 5.92 Å². The average Bonchev–Trinajstić information content (AvgIpc) is 2.86. The number of furan rings is 1. The van der Waals surface area contributed by atoms with Gasteiger partial charge in [-0.25, -0.2) is 0 Å². The van der Waals surface area contributed by atoms with E-state index in [9.17, 15) is 0 Å². The summed E-state index contributed by atoms with van der Waals surface area (Å²) >= 11 is 0. The van der Waals surface area contributed by atoms with Crippen LogP contribution in [-0.2, 0) is 6.42 Å². The molecular formula is C15H27NO. The summed E-state index contributed by atoms with van der Waals surface area (Å²) in [5.41, 5.74) is 0. The molecule has 0 aliphatic heterocycles. The number of hydrogen-bond acceptors (Lipinski definition) is 2. The number of nitrogens with one attached hydrogen (secondary N) is 1. The van der Waals surface area contributed by atoms with Crippen molar-refractivity contribution in [2.45, 2.75) is 58.9 Å². The minimum absolute atomic E-state index is 0.634. The van der Waals surface area contributed by atoms with E-state index in [4.69, 9.17) is 4.42 Å². The van der Waals surface area contributed by atoms with E-state index in [1.807, 2.05) is 6.07 Å². The summed E-state index contributed by atoms with van der Waals surface area (Å²) < 4.78 is 5.41. The highest BCUT2D eigenvalue weighted by atomic mass is 16.3. The Balaban J connectivity index is 2.44. The maximum atomic E-state index is 5.41. The molecular weight excluding hydrogens is 210 g/mol. The third-order valence-electron chi connectivity index (χ3n) is 3.56. The molecule has 0 aliphatic rings. The quantitative estimate of drug-likeness (QED) is 0.702. The second kappa shape index (κ2) is 8.35. The molecule has 0 fully saturated rings. The van der Waals surface area contributed by atoms with Gasteiger partial charge in [0.25, 0.3) is 0 Å². The van der Waals surface area contributed by atoms with Crippen molar-refractivity contribution in [2.75, 3.05) is 6.54 Å². The molecule has 0 aromatic carbocycles. The number of aryl methyl sites for hydroxylation is 1. The molecule has 1 unspecified atom stereocenters. The van der Waals surface area contributed by atoms with Crippen molar-refractivity contribution in [1.82, 2.24) is 5.32 Å². The summed E-state index contributed by atoms with van der Waals surface area (Å²) in [6.07, 6.45) is 7.72. The molecule has 0 radical (unpaired) electrons. The first-order valence-electron chi connectivity index (χ1n) is 7.07. The summed E-state index contributed by atoms with van der Waals surface area (Å²) in [7, 11) is 0. The zero-order chi connectivity index (χ0) is 12.5. The molecule has 1 aromatic rings. The molecule has 1 atom stereocenters. The lowest BCUT2D eigenvalue weighted by molar-refractivity contribution is 0.312. The Morgan fingerprint density at radius 1 is 1.24 bits per heavy atom. The van der Waals surface area contributed by atoms with E-state index in [0.717, 1.165) is 24.6 Å². The Morgan fingerprint density at radius 3 is 2.53 bits per heavy atom. The Bertz CT molecular complexity index is 264. The van der Waals surface area contributed by atoms with Crippen LogP contribution in [0.15, 0.2) is 22.8 Å². The molecule has 1 aromatic heterocycles. The molecule has 2 heteroatoms. The van der Waals surface area contributed by atoms with Crippen molar-refractivity contribution in [2.24, 2.45) is 5.92 Å². The molecule has 1 rings (SSSR count). The zero-order valence-corrected chi connectivity index (χ0v) is 11.5. The van der Waals surface area contributed by atoms with Gasteiger partial charge in [-0.1, -0.05) is 33.6 Å². The maximum Gasteiger partial charge on any atom is 0.103 e. The summed E-state index contributed by atoms with van der Waals surface area (Å²) in [6, 6.07) is 4.68. The first-order valence-corrected chi connectivity index (χ1v) is 7.07. The van der Waals surface area contributed by atoms with Crippen molar-refractivity contribution in [3.63, 3.8) is 0 Å². The van der Waals surface area contributed by atoms with E-state index < -0.39 is 0 Å². The third kappa shape index (κ3) is 4.95. The van der Waals surface area contributed by atoms with Crippen LogP contribution in [0.25, 0.3) is 0 Å². The maximum absolute atomic E-state index is 5.41. The Hall–Kier alpha value is -0.760. The largest absolute Gasteiger partial charge is 0.469 e. The molecule has 0 amide bonds. The van der Waals surface area contributed by atoms with Crippen LogP contribution in [0.4, 0.5) is 0 Å². The Labute approximate surface area is 106 Å². The van der Waals surface area contributed by atoms with Crippen LogP contribution in [0.1, 0.15) is 52.2 Å². The van der Waals surface area contributed by atoms with Gasteiger partial charge in [0.15, 0.2) is 0 Å². The van der Waals surface area contributed by atoms with Crippen LogP contribution < -0.4 is 5.32 Å². The van der Waals surface area contributed by atoms with Gasteiger partial charge in [0.2, 0.25) is 0 Å². The SMILES string of the molecule is CCCNC(CCc1ccco1)C(CC)CC. The average molecular weight is 237 g/mol. The van der Waals surface area contributed by atoms with Gasteiger partial charge >= 0.3 is 0 Å². The summed E-state index contributed by atoms with van der Waals surface area (Å²) in [5, 5.41) is 3.69. The number of rotatable bonds is 9. The topological polar surface area (TPSA) is 25.2 Å². The van der Waals surface area contributed by atoms with Gasteiger partial charge in [-0.3, -0.25) is 0 Å². The van der Waals surface area contributed by atoms with E-state index in [0.29, 0.717) is 6.04 Å². The van der Waals surface area contributed by atoms with E-state index in [1.54, 1.807) is 6.26 Å². The van der Waals surface area contributed by atoms with Crippen LogP contribution >= 0.6 is 0 Å². The van der Waals surface area contributed by atoms with Gasteiger partial charge in [0, 0.05) is 12.5 Å². The molecule has 1 heterocycles. The molecule has 0 saturated carbocycles. The molecule has 98 valence electrons. The van der Waals surface area contributed by atoms with Gasteiger partial charge < -0.3 is 9.73 Å². The molecule has 2 nitrogen and oxygen atoms in total. The molecule has 0 bridgehead atoms. The summed E-state index contributed by atoms with van der Waals surface area (Å²) in [5.74, 6) is 1.90. The fourth-order valence-electron chi connectivity index (χ4n) is 2.44. The third-order valence-corrected chi connectivity index (χ3v) is 3.56. The Kier molecular flexibility index (Phi) is 7.02. The lowest BCUT2D eigenvalue weighted by Gasteiger charge is -2.26. The first kappa shape index (κ1) is 14.3. The highest BCUT2D eigenvalue weighted by molar-refractivity contribution is 4.98. The summed E-state index contributed by atoms with van der Waals surface area (Å²) in [6.45, 7) is 7.94. The Morgan fingerprint density at radius 2 is 2.00 bits per heavy atom. The minimum Gasteiger partial charge on any atom is -0.469 e. The van der Waals surface area contributed by atoms with Gasteiger partial charge in [-0.15, -0.1) is 0 Å². The second-order valence-electron chi connectivity index (χ2n) is 4.76. The van der Waals surface area contributed by atoms with Gasteiger partial charge in [-0.05, 0) is 37.4 Å². The van der Waals surface area contributed by atoms with Crippen LogP contribution in [0.3, 0.4) is 0 Å². The zero-order valence-electron chi connectivity index (χ0n) is 11.5. The van der Waals surface area contributed by atoms with Crippen molar-refractivity contribution >= 4 is 0 Å². The van der Waals surface area contributed by atoms with E-state index >= 15 is 0 Å². The van der Waals surface area contributed by atoms with Crippen LogP contribution in [0.2, 0.25) is 0 Å². The molecule has 0 saturated heterocycles. The molecule has 17 heavy (non-hydrogen) atoms. The van der Waals surface area contributed by atoms with Gasteiger partial charge in [-0.2, -0.15) is 0 Å². The highest BCUT2D eigenvalue weighted by Gasteiger charge is 2.17. The van der Waals surface area contributed by atoms with Crippen LogP contribution in [0.5, 0.6) is 0 Å². The second-order valence-corrected chi connectivity index (χ2v) is 4.76. The van der Waals surface area contributed by atoms with E-state index in [-0.39, 0.29) is 0 Å².